The first-order valence-electron chi connectivity index (χ1n) is 11.3. The number of hydrogen-bond donors (Lipinski definition) is 0. The van der Waals surface area contributed by atoms with Gasteiger partial charge in [0.1, 0.15) is 11.9 Å². The zero-order valence-corrected chi connectivity index (χ0v) is 21.2. The lowest BCUT2D eigenvalue weighted by Crippen LogP contribution is -2.44. The van der Waals surface area contributed by atoms with E-state index in [0.717, 1.165) is 47.9 Å². The molecule has 1 aliphatic rings. The first kappa shape index (κ1) is 24.3. The number of likely N-dealkylation sites (N-methyl/N-ethyl adjacent to an activating group) is 1. The van der Waals surface area contributed by atoms with E-state index in [2.05, 4.69) is 9.27 Å². The number of amides is 1. The Morgan fingerprint density at radius 2 is 1.88 bits per heavy atom. The standard InChI is InChI=1S/C25H29ClN4O3S/c1-29(14-12-18-8-11-21(32-2)22(15-18)33-3)24(31)20-5-4-13-30(20)25-27-23(28-34-25)16-17-6-9-19(26)10-7-17/h6-11,15,20H,4-5,12-14,16H2,1-3H3. The van der Waals surface area contributed by atoms with Crippen molar-refractivity contribution < 1.29 is 14.3 Å². The van der Waals surface area contributed by atoms with Crippen molar-refractivity contribution in [1.29, 1.82) is 0 Å². The van der Waals surface area contributed by atoms with Crippen molar-refractivity contribution in [3.63, 3.8) is 0 Å². The molecule has 1 aromatic heterocycles. The van der Waals surface area contributed by atoms with Gasteiger partial charge in [-0.05, 0) is 54.7 Å². The Labute approximate surface area is 209 Å². The van der Waals surface area contributed by atoms with Crippen LogP contribution in [0.5, 0.6) is 11.5 Å². The first-order chi connectivity index (χ1) is 16.5. The van der Waals surface area contributed by atoms with E-state index >= 15 is 0 Å². The Morgan fingerprint density at radius 1 is 1.15 bits per heavy atom. The van der Waals surface area contributed by atoms with Crippen molar-refractivity contribution in [2.45, 2.75) is 31.7 Å². The Hall–Kier alpha value is -2.84. The van der Waals surface area contributed by atoms with E-state index in [1.54, 1.807) is 14.2 Å². The molecule has 1 saturated heterocycles. The lowest BCUT2D eigenvalue weighted by molar-refractivity contribution is -0.131. The van der Waals surface area contributed by atoms with Gasteiger partial charge in [-0.15, -0.1) is 0 Å². The van der Waals surface area contributed by atoms with Crippen LogP contribution in [0.15, 0.2) is 42.5 Å². The van der Waals surface area contributed by atoms with Crippen molar-refractivity contribution in [1.82, 2.24) is 14.3 Å². The highest BCUT2D eigenvalue weighted by atomic mass is 35.5. The largest absolute Gasteiger partial charge is 0.493 e. The molecule has 1 fully saturated rings. The maximum absolute atomic E-state index is 13.3. The second-order valence-corrected chi connectivity index (χ2v) is 9.51. The number of carbonyl (C=O) groups excluding carboxylic acids is 1. The third kappa shape index (κ3) is 5.62. The maximum Gasteiger partial charge on any atom is 0.245 e. The van der Waals surface area contributed by atoms with Crippen LogP contribution in [0.25, 0.3) is 0 Å². The molecular formula is C25H29ClN4O3S. The summed E-state index contributed by atoms with van der Waals surface area (Å²) in [6.07, 6.45) is 3.17. The Kier molecular flexibility index (Phi) is 7.90. The number of aromatic nitrogens is 2. The van der Waals surface area contributed by atoms with Gasteiger partial charge in [0.2, 0.25) is 11.0 Å². The summed E-state index contributed by atoms with van der Waals surface area (Å²) in [6, 6.07) is 13.4. The molecule has 0 N–H and O–H groups in total. The summed E-state index contributed by atoms with van der Waals surface area (Å²) >= 11 is 7.34. The molecule has 34 heavy (non-hydrogen) atoms. The molecule has 1 atom stereocenters. The van der Waals surface area contributed by atoms with E-state index in [1.165, 1.54) is 11.5 Å². The lowest BCUT2D eigenvalue weighted by atomic mass is 10.1. The van der Waals surface area contributed by atoms with Crippen LogP contribution >= 0.6 is 23.1 Å². The van der Waals surface area contributed by atoms with Crippen molar-refractivity contribution in [2.24, 2.45) is 0 Å². The van der Waals surface area contributed by atoms with Gasteiger partial charge in [0.25, 0.3) is 0 Å². The van der Waals surface area contributed by atoms with Crippen molar-refractivity contribution in [3.8, 4) is 11.5 Å². The molecule has 2 heterocycles. The number of benzene rings is 2. The minimum absolute atomic E-state index is 0.118. The minimum atomic E-state index is -0.202. The molecule has 0 saturated carbocycles. The fourth-order valence-corrected chi connectivity index (χ4v) is 5.06. The molecule has 180 valence electrons. The summed E-state index contributed by atoms with van der Waals surface area (Å²) in [4.78, 5) is 21.9. The van der Waals surface area contributed by atoms with Gasteiger partial charge in [0, 0.05) is 43.1 Å². The van der Waals surface area contributed by atoms with Crippen molar-refractivity contribution >= 4 is 34.2 Å². The van der Waals surface area contributed by atoms with Gasteiger partial charge in [-0.25, -0.2) is 4.98 Å². The predicted octanol–water partition coefficient (Wildman–Crippen LogP) is 4.47. The lowest BCUT2D eigenvalue weighted by Gasteiger charge is -2.27. The predicted molar refractivity (Wildman–Crippen MR) is 135 cm³/mol. The zero-order valence-electron chi connectivity index (χ0n) is 19.7. The summed E-state index contributed by atoms with van der Waals surface area (Å²) in [5, 5.41) is 1.53. The van der Waals surface area contributed by atoms with E-state index < -0.39 is 0 Å². The van der Waals surface area contributed by atoms with E-state index in [9.17, 15) is 4.79 Å². The van der Waals surface area contributed by atoms with Gasteiger partial charge >= 0.3 is 0 Å². The molecule has 3 aromatic rings. The Bertz CT molecular complexity index is 1120. The van der Waals surface area contributed by atoms with Crippen LogP contribution in [-0.2, 0) is 17.6 Å². The van der Waals surface area contributed by atoms with E-state index in [0.29, 0.717) is 29.5 Å². The molecule has 9 heteroatoms. The van der Waals surface area contributed by atoms with Gasteiger partial charge in [-0.2, -0.15) is 4.37 Å². The molecule has 0 bridgehead atoms. The normalized spacial score (nSPS) is 15.4. The summed E-state index contributed by atoms with van der Waals surface area (Å²) in [6.45, 7) is 1.44. The number of halogens is 1. The monoisotopic (exact) mass is 500 g/mol. The number of hydrogen-bond acceptors (Lipinski definition) is 7. The van der Waals surface area contributed by atoms with Gasteiger partial charge in [0.15, 0.2) is 11.5 Å². The fraction of sp³-hybridized carbons (Fsp3) is 0.400. The molecule has 4 rings (SSSR count). The summed E-state index contributed by atoms with van der Waals surface area (Å²) in [5.41, 5.74) is 2.20. The van der Waals surface area contributed by atoms with Crippen molar-refractivity contribution in [3.05, 3.63) is 64.4 Å². The van der Waals surface area contributed by atoms with Gasteiger partial charge in [0.05, 0.1) is 14.2 Å². The van der Waals surface area contributed by atoms with Gasteiger partial charge < -0.3 is 19.3 Å². The second kappa shape index (κ2) is 11.1. The molecule has 0 aliphatic carbocycles. The minimum Gasteiger partial charge on any atom is -0.493 e. The average molecular weight is 501 g/mol. The van der Waals surface area contributed by atoms with Crippen molar-refractivity contribution in [2.75, 3.05) is 39.3 Å². The number of ether oxygens (including phenoxy) is 2. The van der Waals surface area contributed by atoms with Gasteiger partial charge in [-0.1, -0.05) is 29.8 Å². The molecule has 1 unspecified atom stereocenters. The summed E-state index contributed by atoms with van der Waals surface area (Å²) in [5.74, 6) is 2.28. The Morgan fingerprint density at radius 3 is 2.62 bits per heavy atom. The number of methoxy groups -OCH3 is 2. The molecule has 2 aromatic carbocycles. The Balaban J connectivity index is 1.37. The van der Waals surface area contributed by atoms with Crippen LogP contribution in [0.4, 0.5) is 5.13 Å². The molecular weight excluding hydrogens is 472 g/mol. The maximum atomic E-state index is 13.3. The SMILES string of the molecule is COc1ccc(CCN(C)C(=O)C2CCCN2c2nc(Cc3ccc(Cl)cc3)ns2)cc1OC. The highest BCUT2D eigenvalue weighted by molar-refractivity contribution is 7.09. The number of anilines is 1. The molecule has 0 radical (unpaired) electrons. The van der Waals surface area contributed by atoms with Crippen LogP contribution in [0.3, 0.4) is 0 Å². The first-order valence-corrected chi connectivity index (χ1v) is 12.4. The quantitative estimate of drug-likeness (QED) is 0.432. The highest BCUT2D eigenvalue weighted by Crippen LogP contribution is 2.30. The molecule has 0 spiro atoms. The highest BCUT2D eigenvalue weighted by Gasteiger charge is 2.34. The van der Waals surface area contributed by atoms with Crippen LogP contribution in [-0.4, -0.2) is 60.6 Å². The van der Waals surface area contributed by atoms with E-state index in [-0.39, 0.29) is 11.9 Å². The van der Waals surface area contributed by atoms with Crippen LogP contribution in [0, 0.1) is 0 Å². The van der Waals surface area contributed by atoms with Crippen LogP contribution in [0.2, 0.25) is 5.02 Å². The zero-order chi connectivity index (χ0) is 24.1. The molecule has 1 amide bonds. The third-order valence-electron chi connectivity index (χ3n) is 6.08. The molecule has 7 nitrogen and oxygen atoms in total. The molecule has 1 aliphatic heterocycles. The number of rotatable bonds is 9. The smallest absolute Gasteiger partial charge is 0.245 e. The average Bonchev–Trinajstić information content (AvgIpc) is 3.52. The fourth-order valence-electron chi connectivity index (χ4n) is 4.17. The second-order valence-electron chi connectivity index (χ2n) is 8.35. The van der Waals surface area contributed by atoms with E-state index in [4.69, 9.17) is 26.1 Å². The van der Waals surface area contributed by atoms with Gasteiger partial charge in [-0.3, -0.25) is 4.79 Å². The van der Waals surface area contributed by atoms with Crippen LogP contribution in [0.1, 0.15) is 29.8 Å². The third-order valence-corrected chi connectivity index (χ3v) is 7.12. The number of carbonyl (C=O) groups is 1. The van der Waals surface area contributed by atoms with E-state index in [1.807, 2.05) is 54.4 Å². The van der Waals surface area contributed by atoms with Crippen LogP contribution < -0.4 is 14.4 Å². The summed E-state index contributed by atoms with van der Waals surface area (Å²) < 4.78 is 15.2. The topological polar surface area (TPSA) is 67.8 Å². The number of nitrogens with zero attached hydrogens (tertiary/aromatic N) is 4. The summed E-state index contributed by atoms with van der Waals surface area (Å²) in [7, 11) is 5.11.